The van der Waals surface area contributed by atoms with Gasteiger partial charge in [0.05, 0.1) is 6.54 Å². The molecule has 2 aliphatic carbocycles. The Morgan fingerprint density at radius 2 is 2.23 bits per heavy atom. The number of hydrogen-bond donors (Lipinski definition) is 2. The fourth-order valence-electron chi connectivity index (χ4n) is 3.51. The van der Waals surface area contributed by atoms with Crippen LogP contribution in [0.3, 0.4) is 0 Å². The Balaban J connectivity index is 1.31. The summed E-state index contributed by atoms with van der Waals surface area (Å²) in [6, 6.07) is 0.297. The van der Waals surface area contributed by atoms with Crippen molar-refractivity contribution in [3.63, 3.8) is 0 Å². The minimum atomic E-state index is -2.69. The monoisotopic (exact) mass is 382 g/mol. The van der Waals surface area contributed by atoms with E-state index < -0.39 is 11.8 Å². The minimum absolute atomic E-state index is 0.221. The Kier molecular flexibility index (Phi) is 4.74. The number of alkyl halides is 2. The lowest BCUT2D eigenvalue weighted by Crippen LogP contribution is -2.44. The second-order valence-electron chi connectivity index (χ2n) is 6.96. The number of aromatic nitrogens is 2. The van der Waals surface area contributed by atoms with E-state index in [1.165, 1.54) is 0 Å². The Morgan fingerprint density at radius 3 is 2.96 bits per heavy atom. The highest BCUT2D eigenvalue weighted by Crippen LogP contribution is 2.42. The average Bonchev–Trinajstić information content (AvgIpc) is 3.25. The van der Waals surface area contributed by atoms with Crippen molar-refractivity contribution in [1.29, 1.82) is 0 Å². The molecule has 6 nitrogen and oxygen atoms in total. The van der Waals surface area contributed by atoms with Crippen LogP contribution in [-0.4, -0.2) is 28.0 Å². The quantitative estimate of drug-likeness (QED) is 0.802. The van der Waals surface area contributed by atoms with Crippen LogP contribution < -0.4 is 10.6 Å². The molecule has 1 amide bonds. The van der Waals surface area contributed by atoms with Crippen molar-refractivity contribution >= 4 is 17.2 Å². The van der Waals surface area contributed by atoms with E-state index in [9.17, 15) is 13.6 Å². The summed E-state index contributed by atoms with van der Waals surface area (Å²) in [5.74, 6) is -2.76. The van der Waals surface area contributed by atoms with Crippen LogP contribution in [0.2, 0.25) is 0 Å². The molecule has 4 rings (SSSR count). The van der Waals surface area contributed by atoms with Gasteiger partial charge < -0.3 is 15.2 Å². The summed E-state index contributed by atoms with van der Waals surface area (Å²) in [5, 5.41) is 13.3. The highest BCUT2D eigenvalue weighted by molar-refractivity contribution is 7.09. The van der Waals surface area contributed by atoms with Crippen LogP contribution in [0.25, 0.3) is 0 Å². The van der Waals surface area contributed by atoms with Crippen molar-refractivity contribution in [3.05, 3.63) is 33.6 Å². The number of fused-ring (bicyclic) bond motifs is 1. The normalized spacial score (nSPS) is 21.8. The summed E-state index contributed by atoms with van der Waals surface area (Å²) in [7, 11) is 0. The number of aryl methyl sites for hydroxylation is 1. The van der Waals surface area contributed by atoms with Gasteiger partial charge in [0.25, 0.3) is 0 Å². The van der Waals surface area contributed by atoms with Crippen LogP contribution in [0, 0.1) is 5.92 Å². The molecular weight excluding hydrogens is 362 g/mol. The van der Waals surface area contributed by atoms with E-state index >= 15 is 0 Å². The summed E-state index contributed by atoms with van der Waals surface area (Å²) in [4.78, 5) is 16.2. The molecule has 140 valence electrons. The first-order chi connectivity index (χ1) is 12.5. The lowest BCUT2D eigenvalue weighted by Gasteiger charge is -2.33. The van der Waals surface area contributed by atoms with Gasteiger partial charge in [0.15, 0.2) is 0 Å². The number of nitrogens with zero attached hydrogens (tertiary/aromatic N) is 2. The highest BCUT2D eigenvalue weighted by atomic mass is 32.1. The van der Waals surface area contributed by atoms with E-state index in [2.05, 4.69) is 20.8 Å². The van der Waals surface area contributed by atoms with E-state index in [0.717, 1.165) is 42.1 Å². The zero-order chi connectivity index (χ0) is 18.1. The van der Waals surface area contributed by atoms with Crippen molar-refractivity contribution in [1.82, 2.24) is 20.8 Å². The minimum Gasteiger partial charge on any atom is -0.361 e. The first kappa shape index (κ1) is 17.5. The third-order valence-corrected chi connectivity index (χ3v) is 5.82. The molecule has 2 aromatic rings. The van der Waals surface area contributed by atoms with Crippen LogP contribution in [0.15, 0.2) is 16.1 Å². The maximum atomic E-state index is 12.9. The van der Waals surface area contributed by atoms with Gasteiger partial charge in [-0.25, -0.2) is 13.8 Å². The molecule has 1 atom stereocenters. The largest absolute Gasteiger partial charge is 0.361 e. The van der Waals surface area contributed by atoms with Gasteiger partial charge in [0.2, 0.25) is 11.8 Å². The van der Waals surface area contributed by atoms with Crippen molar-refractivity contribution in [2.24, 2.45) is 5.92 Å². The maximum absolute atomic E-state index is 12.9. The van der Waals surface area contributed by atoms with Crippen LogP contribution in [-0.2, 0) is 30.7 Å². The fraction of sp³-hybridized carbons (Fsp3) is 0.588. The second-order valence-corrected chi connectivity index (χ2v) is 7.94. The number of rotatable bonds is 6. The third kappa shape index (κ3) is 3.78. The average molecular weight is 382 g/mol. The maximum Gasteiger partial charge on any atom is 0.249 e. The Labute approximate surface area is 153 Å². The van der Waals surface area contributed by atoms with Gasteiger partial charge in [-0.15, -0.1) is 11.3 Å². The number of amides is 1. The van der Waals surface area contributed by atoms with Crippen molar-refractivity contribution < 1.29 is 18.1 Å². The summed E-state index contributed by atoms with van der Waals surface area (Å²) >= 11 is 1.62. The molecule has 9 heteroatoms. The molecule has 0 aliphatic heterocycles. The lowest BCUT2D eigenvalue weighted by atomic mass is 9.81. The van der Waals surface area contributed by atoms with E-state index in [1.807, 2.05) is 5.38 Å². The molecule has 0 bridgehead atoms. The molecule has 0 radical (unpaired) electrons. The SMILES string of the molecule is O=C(NCc1noc2c1CC(NCc1nccs1)CC2)C1CC(F)(F)C1. The molecule has 2 heterocycles. The van der Waals surface area contributed by atoms with E-state index in [1.54, 1.807) is 17.5 Å². The van der Waals surface area contributed by atoms with Gasteiger partial charge in [0, 0.05) is 54.9 Å². The van der Waals surface area contributed by atoms with Gasteiger partial charge in [-0.3, -0.25) is 4.79 Å². The van der Waals surface area contributed by atoms with Crippen molar-refractivity contribution in [2.45, 2.75) is 57.2 Å². The molecule has 2 aromatic heterocycles. The summed E-state index contributed by atoms with van der Waals surface area (Å²) in [6.45, 7) is 0.948. The van der Waals surface area contributed by atoms with E-state index in [-0.39, 0.29) is 25.3 Å². The zero-order valence-corrected chi connectivity index (χ0v) is 15.0. The number of carbonyl (C=O) groups excluding carboxylic acids is 1. The Hall–Kier alpha value is -1.87. The third-order valence-electron chi connectivity index (χ3n) is 5.04. The van der Waals surface area contributed by atoms with Gasteiger partial charge in [-0.2, -0.15) is 0 Å². The molecule has 2 N–H and O–H groups in total. The standard InChI is InChI=1S/C17H20F2N4O2S/c18-17(19)6-10(7-17)16(24)22-8-13-12-5-11(1-2-14(12)25-23-13)21-9-15-20-3-4-26-15/h3-4,10-11,21H,1-2,5-9H2,(H,22,24). The molecule has 1 unspecified atom stereocenters. The first-order valence-electron chi connectivity index (χ1n) is 8.74. The van der Waals surface area contributed by atoms with Crippen LogP contribution in [0.1, 0.15) is 41.3 Å². The summed E-state index contributed by atoms with van der Waals surface area (Å²) in [5.41, 5.74) is 1.72. The highest BCUT2D eigenvalue weighted by Gasteiger charge is 2.48. The number of nitrogens with one attached hydrogen (secondary N) is 2. The summed E-state index contributed by atoms with van der Waals surface area (Å²) < 4.78 is 31.2. The number of halogens is 2. The lowest BCUT2D eigenvalue weighted by molar-refractivity contribution is -0.150. The topological polar surface area (TPSA) is 80.0 Å². The van der Waals surface area contributed by atoms with E-state index in [0.29, 0.717) is 11.7 Å². The molecule has 1 fully saturated rings. The molecule has 0 spiro atoms. The van der Waals surface area contributed by atoms with Gasteiger partial charge in [-0.1, -0.05) is 5.16 Å². The first-order valence-corrected chi connectivity index (χ1v) is 9.62. The Morgan fingerprint density at radius 1 is 1.38 bits per heavy atom. The number of carbonyl (C=O) groups is 1. The molecular formula is C17H20F2N4O2S. The van der Waals surface area contributed by atoms with E-state index in [4.69, 9.17) is 4.52 Å². The van der Waals surface area contributed by atoms with Gasteiger partial charge >= 0.3 is 0 Å². The summed E-state index contributed by atoms with van der Waals surface area (Å²) in [6.07, 6.45) is 3.59. The molecule has 1 saturated carbocycles. The van der Waals surface area contributed by atoms with Crippen molar-refractivity contribution in [3.8, 4) is 0 Å². The molecule has 0 aromatic carbocycles. The molecule has 26 heavy (non-hydrogen) atoms. The fourth-order valence-corrected chi connectivity index (χ4v) is 4.08. The molecule has 2 aliphatic rings. The van der Waals surface area contributed by atoms with Crippen LogP contribution in [0.4, 0.5) is 8.78 Å². The number of hydrogen-bond acceptors (Lipinski definition) is 6. The number of thiazole rings is 1. The Bertz CT molecular complexity index is 770. The van der Waals surface area contributed by atoms with Gasteiger partial charge in [0.1, 0.15) is 16.5 Å². The van der Waals surface area contributed by atoms with Crippen LogP contribution >= 0.6 is 11.3 Å². The second kappa shape index (κ2) is 7.03. The zero-order valence-electron chi connectivity index (χ0n) is 14.1. The smallest absolute Gasteiger partial charge is 0.249 e. The van der Waals surface area contributed by atoms with Gasteiger partial charge in [-0.05, 0) is 12.8 Å². The predicted molar refractivity (Wildman–Crippen MR) is 90.8 cm³/mol. The molecule has 0 saturated heterocycles. The predicted octanol–water partition coefficient (Wildman–Crippen LogP) is 2.44. The van der Waals surface area contributed by atoms with Crippen LogP contribution in [0.5, 0.6) is 0 Å². The van der Waals surface area contributed by atoms with Crippen molar-refractivity contribution in [2.75, 3.05) is 0 Å².